The first-order chi connectivity index (χ1) is 9.13. The van der Waals surface area contributed by atoms with Crippen molar-refractivity contribution in [3.8, 4) is 0 Å². The number of hydrogen-bond acceptors (Lipinski definition) is 2. The zero-order valence-corrected chi connectivity index (χ0v) is 12.4. The van der Waals surface area contributed by atoms with E-state index in [-0.39, 0.29) is 0 Å². The van der Waals surface area contributed by atoms with Crippen molar-refractivity contribution in [3.63, 3.8) is 0 Å². The van der Waals surface area contributed by atoms with E-state index in [1.165, 1.54) is 42.6 Å². The molecule has 1 aromatic carbocycles. The Morgan fingerprint density at radius 1 is 1.21 bits per heavy atom. The zero-order chi connectivity index (χ0) is 13.4. The molecule has 0 aromatic heterocycles. The smallest absolute Gasteiger partial charge is 0.0411 e. The third kappa shape index (κ3) is 2.58. The molecule has 0 heterocycles. The largest absolute Gasteiger partial charge is 0.385 e. The Hall–Kier alpha value is -1.18. The van der Waals surface area contributed by atoms with Crippen molar-refractivity contribution in [1.29, 1.82) is 0 Å². The Labute approximate surface area is 117 Å². The van der Waals surface area contributed by atoms with Crippen molar-refractivity contribution >= 4 is 11.4 Å². The Kier molecular flexibility index (Phi) is 3.42. The summed E-state index contributed by atoms with van der Waals surface area (Å²) in [5.41, 5.74) is 3.94. The summed E-state index contributed by atoms with van der Waals surface area (Å²) >= 11 is 0. The molecule has 0 spiro atoms. The van der Waals surface area contributed by atoms with Gasteiger partial charge in [-0.25, -0.2) is 0 Å². The number of rotatable bonds is 4. The maximum Gasteiger partial charge on any atom is 0.0411 e. The van der Waals surface area contributed by atoms with Gasteiger partial charge in [0.1, 0.15) is 0 Å². The van der Waals surface area contributed by atoms with E-state index in [9.17, 15) is 0 Å². The van der Waals surface area contributed by atoms with Gasteiger partial charge < -0.3 is 10.2 Å². The molecule has 0 saturated heterocycles. The standard InChI is InChI=1S/C17H26N2/c1-12-4-7-16(10-17(12)19(2)3)18-11-15-9-13-5-6-14(15)8-13/h4,7,10,13-15,18H,5-6,8-9,11H2,1-3H3. The van der Waals surface area contributed by atoms with E-state index in [1.807, 2.05) is 0 Å². The number of nitrogens with zero attached hydrogens (tertiary/aromatic N) is 1. The molecule has 3 atom stereocenters. The predicted molar refractivity (Wildman–Crippen MR) is 82.9 cm³/mol. The molecule has 19 heavy (non-hydrogen) atoms. The van der Waals surface area contributed by atoms with Gasteiger partial charge in [0.2, 0.25) is 0 Å². The fourth-order valence-electron chi connectivity index (χ4n) is 4.08. The first-order valence-corrected chi connectivity index (χ1v) is 7.65. The fraction of sp³-hybridized carbons (Fsp3) is 0.647. The topological polar surface area (TPSA) is 15.3 Å². The molecular formula is C17H26N2. The van der Waals surface area contributed by atoms with Crippen LogP contribution in [0.2, 0.25) is 0 Å². The van der Waals surface area contributed by atoms with Gasteiger partial charge in [-0.2, -0.15) is 0 Å². The molecule has 2 nitrogen and oxygen atoms in total. The summed E-state index contributed by atoms with van der Waals surface area (Å²) in [5, 5.41) is 3.67. The Balaban J connectivity index is 1.62. The van der Waals surface area contributed by atoms with E-state index >= 15 is 0 Å². The van der Waals surface area contributed by atoms with Crippen LogP contribution in [0, 0.1) is 24.7 Å². The van der Waals surface area contributed by atoms with Gasteiger partial charge in [-0.15, -0.1) is 0 Å². The molecule has 104 valence electrons. The predicted octanol–water partition coefficient (Wildman–Crippen LogP) is 3.91. The summed E-state index contributed by atoms with van der Waals surface area (Å²) < 4.78 is 0. The lowest BCUT2D eigenvalue weighted by atomic mass is 9.89. The molecule has 1 aromatic rings. The Morgan fingerprint density at radius 2 is 2.05 bits per heavy atom. The highest BCUT2D eigenvalue weighted by Crippen LogP contribution is 2.48. The van der Waals surface area contributed by atoms with Gasteiger partial charge in [-0.05, 0) is 61.6 Å². The van der Waals surface area contributed by atoms with E-state index in [0.29, 0.717) is 0 Å². The van der Waals surface area contributed by atoms with Crippen LogP contribution < -0.4 is 10.2 Å². The highest BCUT2D eigenvalue weighted by molar-refractivity contribution is 5.61. The molecule has 2 aliphatic rings. The van der Waals surface area contributed by atoms with Crippen LogP contribution in [0.5, 0.6) is 0 Å². The molecule has 3 unspecified atom stereocenters. The highest BCUT2D eigenvalue weighted by Gasteiger charge is 2.38. The van der Waals surface area contributed by atoms with Gasteiger partial charge in [0.15, 0.2) is 0 Å². The van der Waals surface area contributed by atoms with E-state index in [2.05, 4.69) is 49.4 Å². The molecular weight excluding hydrogens is 232 g/mol. The molecule has 2 fully saturated rings. The number of fused-ring (bicyclic) bond motifs is 2. The lowest BCUT2D eigenvalue weighted by Crippen LogP contribution is -2.20. The SMILES string of the molecule is Cc1ccc(NCC2CC3CCC2C3)cc1N(C)C. The summed E-state index contributed by atoms with van der Waals surface area (Å²) in [5.74, 6) is 2.98. The maximum absolute atomic E-state index is 3.67. The van der Waals surface area contributed by atoms with E-state index in [0.717, 1.165) is 24.3 Å². The molecule has 2 aliphatic carbocycles. The van der Waals surface area contributed by atoms with Crippen LogP contribution in [0.15, 0.2) is 18.2 Å². The van der Waals surface area contributed by atoms with E-state index < -0.39 is 0 Å². The summed E-state index contributed by atoms with van der Waals surface area (Å²) in [6, 6.07) is 6.72. The lowest BCUT2D eigenvalue weighted by Gasteiger charge is -2.23. The average molecular weight is 258 g/mol. The number of anilines is 2. The average Bonchev–Trinajstić information content (AvgIpc) is 2.99. The minimum absolute atomic E-state index is 0.919. The van der Waals surface area contributed by atoms with Crippen LogP contribution in [0.4, 0.5) is 11.4 Å². The quantitative estimate of drug-likeness (QED) is 0.881. The van der Waals surface area contributed by atoms with Crippen molar-refractivity contribution < 1.29 is 0 Å². The van der Waals surface area contributed by atoms with Gasteiger partial charge in [0.05, 0.1) is 0 Å². The summed E-state index contributed by atoms with van der Waals surface area (Å²) in [7, 11) is 4.23. The van der Waals surface area contributed by atoms with Crippen molar-refractivity contribution in [2.75, 3.05) is 30.9 Å². The van der Waals surface area contributed by atoms with Crippen molar-refractivity contribution in [2.45, 2.75) is 32.6 Å². The molecule has 2 saturated carbocycles. The van der Waals surface area contributed by atoms with Crippen LogP contribution in [0.25, 0.3) is 0 Å². The van der Waals surface area contributed by atoms with Gasteiger partial charge in [0.25, 0.3) is 0 Å². The highest BCUT2D eigenvalue weighted by atomic mass is 15.1. The zero-order valence-electron chi connectivity index (χ0n) is 12.4. The van der Waals surface area contributed by atoms with Crippen molar-refractivity contribution in [1.82, 2.24) is 0 Å². The Bertz CT molecular complexity index is 453. The van der Waals surface area contributed by atoms with Crippen molar-refractivity contribution in [2.24, 2.45) is 17.8 Å². The molecule has 0 radical (unpaired) electrons. The monoisotopic (exact) mass is 258 g/mol. The number of hydrogen-bond donors (Lipinski definition) is 1. The van der Waals surface area contributed by atoms with Crippen molar-refractivity contribution in [3.05, 3.63) is 23.8 Å². The minimum Gasteiger partial charge on any atom is -0.385 e. The van der Waals surface area contributed by atoms with Gasteiger partial charge in [0, 0.05) is 32.0 Å². The second kappa shape index (κ2) is 5.07. The second-order valence-corrected chi connectivity index (χ2v) is 6.71. The lowest BCUT2D eigenvalue weighted by molar-refractivity contribution is 0.348. The van der Waals surface area contributed by atoms with Crippen LogP contribution in [0.3, 0.4) is 0 Å². The van der Waals surface area contributed by atoms with Gasteiger partial charge in [-0.1, -0.05) is 12.5 Å². The fourth-order valence-corrected chi connectivity index (χ4v) is 4.08. The third-order valence-electron chi connectivity index (χ3n) is 5.14. The number of nitrogens with one attached hydrogen (secondary N) is 1. The van der Waals surface area contributed by atoms with Crippen LogP contribution in [-0.4, -0.2) is 20.6 Å². The number of benzene rings is 1. The molecule has 2 bridgehead atoms. The summed E-state index contributed by atoms with van der Waals surface area (Å²) in [6.07, 6.45) is 5.94. The molecule has 0 aliphatic heterocycles. The number of aryl methyl sites for hydroxylation is 1. The molecule has 2 heteroatoms. The van der Waals surface area contributed by atoms with E-state index in [4.69, 9.17) is 0 Å². The van der Waals surface area contributed by atoms with Gasteiger partial charge in [-0.3, -0.25) is 0 Å². The molecule has 0 amide bonds. The van der Waals surface area contributed by atoms with E-state index in [1.54, 1.807) is 0 Å². The van der Waals surface area contributed by atoms with Crippen LogP contribution >= 0.6 is 0 Å². The summed E-state index contributed by atoms with van der Waals surface area (Å²) in [6.45, 7) is 3.34. The Morgan fingerprint density at radius 3 is 2.68 bits per heavy atom. The minimum atomic E-state index is 0.919. The molecule has 1 N–H and O–H groups in total. The van der Waals surface area contributed by atoms with Gasteiger partial charge >= 0.3 is 0 Å². The maximum atomic E-state index is 3.67. The van der Waals surface area contributed by atoms with Crippen LogP contribution in [-0.2, 0) is 0 Å². The first kappa shape index (κ1) is 12.8. The molecule has 3 rings (SSSR count). The third-order valence-corrected chi connectivity index (χ3v) is 5.14. The first-order valence-electron chi connectivity index (χ1n) is 7.65. The van der Waals surface area contributed by atoms with Crippen LogP contribution in [0.1, 0.15) is 31.2 Å². The second-order valence-electron chi connectivity index (χ2n) is 6.71. The normalized spacial score (nSPS) is 28.7. The summed E-state index contributed by atoms with van der Waals surface area (Å²) in [4.78, 5) is 2.19.